The van der Waals surface area contributed by atoms with Crippen LogP contribution in [0.4, 0.5) is 41.3 Å². The van der Waals surface area contributed by atoms with Crippen LogP contribution in [0.2, 0.25) is 0 Å². The van der Waals surface area contributed by atoms with Gasteiger partial charge in [-0.2, -0.15) is 36.0 Å². The molecule has 1 aliphatic carbocycles. The Hall–Kier alpha value is -3.62. The fourth-order valence-electron chi connectivity index (χ4n) is 5.16. The van der Waals surface area contributed by atoms with Gasteiger partial charge in [0.2, 0.25) is 0 Å². The van der Waals surface area contributed by atoms with Crippen molar-refractivity contribution < 1.29 is 40.6 Å². The van der Waals surface area contributed by atoms with E-state index in [0.717, 1.165) is 0 Å². The first-order valence-corrected chi connectivity index (χ1v) is 12.5. The average Bonchev–Trinajstić information content (AvgIpc) is 3.30. The second-order valence-corrected chi connectivity index (χ2v) is 10.3. The Morgan fingerprint density at radius 3 is 2.20 bits per heavy atom. The molecule has 2 amide bonds. The van der Waals surface area contributed by atoms with E-state index >= 15 is 0 Å². The van der Waals surface area contributed by atoms with Crippen LogP contribution in [-0.4, -0.2) is 62.4 Å². The van der Waals surface area contributed by atoms with Gasteiger partial charge in [-0.15, -0.1) is 0 Å². The molecular weight excluding hydrogens is 549 g/mol. The maximum Gasteiger partial charge on any atom is 0.435 e. The van der Waals surface area contributed by atoms with Crippen molar-refractivity contribution >= 4 is 17.5 Å². The molecule has 5 rings (SSSR count). The number of fused-ring (bicyclic) bond motifs is 1. The lowest BCUT2D eigenvalue weighted by atomic mass is 9.73. The largest absolute Gasteiger partial charge is 0.435 e. The van der Waals surface area contributed by atoms with E-state index in [9.17, 15) is 40.6 Å². The third-order valence-electron chi connectivity index (χ3n) is 7.37. The topological polar surface area (TPSA) is 94.8 Å². The maximum absolute atomic E-state index is 13.6. The van der Waals surface area contributed by atoms with Gasteiger partial charge < -0.3 is 20.6 Å². The number of amides is 2. The zero-order valence-electron chi connectivity index (χ0n) is 20.9. The molecule has 0 unspecified atom stereocenters. The summed E-state index contributed by atoms with van der Waals surface area (Å²) in [6, 6.07) is 5.94. The molecule has 0 spiro atoms. The summed E-state index contributed by atoms with van der Waals surface area (Å²) in [5.74, 6) is -0.889. The summed E-state index contributed by atoms with van der Waals surface area (Å²) in [7, 11) is 0. The van der Waals surface area contributed by atoms with Crippen LogP contribution in [0.1, 0.15) is 42.6 Å². The van der Waals surface area contributed by atoms with E-state index in [1.54, 1.807) is 0 Å². The number of hydrogen-bond acceptors (Lipinski definition) is 5. The van der Waals surface area contributed by atoms with Gasteiger partial charge >= 0.3 is 18.4 Å². The molecule has 1 aliphatic heterocycles. The molecule has 0 atom stereocenters. The number of alkyl halides is 6. The Kier molecular flexibility index (Phi) is 7.04. The first kappa shape index (κ1) is 27.9. The molecule has 3 heterocycles. The molecule has 1 saturated heterocycles. The monoisotopic (exact) mass is 574 g/mol. The number of halogens is 7. The van der Waals surface area contributed by atoms with Gasteiger partial charge in [-0.1, -0.05) is 12.1 Å². The van der Waals surface area contributed by atoms with E-state index < -0.39 is 46.7 Å². The molecule has 1 aromatic carbocycles. The Bertz CT molecular complexity index is 1380. The highest BCUT2D eigenvalue weighted by atomic mass is 19.4. The maximum atomic E-state index is 13.6. The smallest absolute Gasteiger partial charge is 0.393 e. The molecule has 3 aromatic rings. The predicted molar refractivity (Wildman–Crippen MR) is 128 cm³/mol. The zero-order valence-corrected chi connectivity index (χ0v) is 20.9. The lowest BCUT2D eigenvalue weighted by molar-refractivity contribution is -0.142. The van der Waals surface area contributed by atoms with Gasteiger partial charge in [0, 0.05) is 43.2 Å². The Morgan fingerprint density at radius 2 is 1.60 bits per heavy atom. The van der Waals surface area contributed by atoms with Gasteiger partial charge in [0.25, 0.3) is 0 Å². The van der Waals surface area contributed by atoms with Crippen molar-refractivity contribution in [3.8, 4) is 0 Å². The lowest BCUT2D eigenvalue weighted by Crippen LogP contribution is -2.66. The minimum Gasteiger partial charge on any atom is -0.393 e. The normalized spacial score (nSPS) is 21.2. The summed E-state index contributed by atoms with van der Waals surface area (Å²) in [6.07, 6.45) is -7.86. The van der Waals surface area contributed by atoms with E-state index in [1.165, 1.54) is 29.2 Å². The summed E-state index contributed by atoms with van der Waals surface area (Å²) in [5.41, 5.74) is -3.75. The first-order chi connectivity index (χ1) is 18.7. The quantitative estimate of drug-likeness (QED) is 0.388. The van der Waals surface area contributed by atoms with Crippen molar-refractivity contribution in [3.63, 3.8) is 0 Å². The fourth-order valence-corrected chi connectivity index (χ4v) is 5.16. The van der Waals surface area contributed by atoms with E-state index in [-0.39, 0.29) is 37.5 Å². The molecule has 15 heteroatoms. The van der Waals surface area contributed by atoms with Crippen LogP contribution in [0.5, 0.6) is 0 Å². The Labute approximate surface area is 223 Å². The third kappa shape index (κ3) is 5.64. The number of nitrogens with zero attached hydrogens (tertiary/aromatic N) is 4. The van der Waals surface area contributed by atoms with Gasteiger partial charge in [-0.25, -0.2) is 14.2 Å². The standard InChI is InChI=1S/C25H25F7N6O2/c26-15-3-1-14(2-4-15)23(12-37(13-23)22(40)34-16-5-7-17(39)8-6-16)11-33-20-9-18(24(27,28)29)35-21-10-19(25(30,31)32)36-38(20)21/h1-4,9-10,16-17,33,39H,5-8,11-13H2,(H,34,40). The molecule has 2 fully saturated rings. The van der Waals surface area contributed by atoms with E-state index in [2.05, 4.69) is 20.7 Å². The minimum absolute atomic E-state index is 0.102. The van der Waals surface area contributed by atoms with Crippen molar-refractivity contribution in [1.29, 1.82) is 0 Å². The number of hydrogen-bond donors (Lipinski definition) is 3. The second-order valence-electron chi connectivity index (χ2n) is 10.3. The van der Waals surface area contributed by atoms with Gasteiger partial charge in [0.15, 0.2) is 17.0 Å². The number of carbonyl (C=O) groups excluding carboxylic acids is 1. The highest BCUT2D eigenvalue weighted by Gasteiger charge is 2.47. The summed E-state index contributed by atoms with van der Waals surface area (Å²) >= 11 is 0. The van der Waals surface area contributed by atoms with Crippen LogP contribution in [0.15, 0.2) is 36.4 Å². The second kappa shape index (κ2) is 10.1. The first-order valence-electron chi connectivity index (χ1n) is 12.5. The van der Waals surface area contributed by atoms with Gasteiger partial charge in [0.05, 0.1) is 6.10 Å². The van der Waals surface area contributed by atoms with Crippen molar-refractivity contribution in [2.75, 3.05) is 25.0 Å². The Balaban J connectivity index is 1.40. The number of aliphatic hydroxyl groups is 1. The van der Waals surface area contributed by atoms with Crippen molar-refractivity contribution in [1.82, 2.24) is 24.8 Å². The van der Waals surface area contributed by atoms with Crippen LogP contribution < -0.4 is 10.6 Å². The number of likely N-dealkylation sites (tertiary alicyclic amines) is 1. The molecule has 40 heavy (non-hydrogen) atoms. The van der Waals surface area contributed by atoms with Crippen LogP contribution in [0, 0.1) is 5.82 Å². The van der Waals surface area contributed by atoms with Crippen LogP contribution in [0.3, 0.4) is 0 Å². The van der Waals surface area contributed by atoms with E-state index in [4.69, 9.17) is 0 Å². The highest BCUT2D eigenvalue weighted by Crippen LogP contribution is 2.37. The number of anilines is 1. The minimum atomic E-state index is -4.93. The molecule has 3 N–H and O–H groups in total. The number of aliphatic hydroxyl groups excluding tert-OH is 1. The van der Waals surface area contributed by atoms with Crippen LogP contribution >= 0.6 is 0 Å². The SMILES string of the molecule is O=C(NC1CCC(O)CC1)N1CC(CNc2cc(C(F)(F)F)nc3cc(C(F)(F)F)nn23)(c2ccc(F)cc2)C1. The van der Waals surface area contributed by atoms with Crippen LogP contribution in [-0.2, 0) is 17.8 Å². The summed E-state index contributed by atoms with van der Waals surface area (Å²) < 4.78 is 94.6. The third-order valence-corrected chi connectivity index (χ3v) is 7.37. The molecule has 0 bridgehead atoms. The molecule has 2 aliphatic rings. The van der Waals surface area contributed by atoms with E-state index in [0.29, 0.717) is 47.9 Å². The number of nitrogens with one attached hydrogen (secondary N) is 2. The molecule has 216 valence electrons. The Morgan fingerprint density at radius 1 is 0.975 bits per heavy atom. The zero-order chi connectivity index (χ0) is 28.9. The van der Waals surface area contributed by atoms with Crippen molar-refractivity contribution in [3.05, 3.63) is 59.2 Å². The predicted octanol–water partition coefficient (Wildman–Crippen LogP) is 4.58. The summed E-state index contributed by atoms with van der Waals surface area (Å²) in [4.78, 5) is 17.7. The lowest BCUT2D eigenvalue weighted by Gasteiger charge is -2.51. The number of benzene rings is 1. The molecule has 2 aromatic heterocycles. The molecule has 0 radical (unpaired) electrons. The highest BCUT2D eigenvalue weighted by molar-refractivity contribution is 5.76. The average molecular weight is 575 g/mol. The van der Waals surface area contributed by atoms with Crippen molar-refractivity contribution in [2.45, 2.75) is 55.6 Å². The molecule has 8 nitrogen and oxygen atoms in total. The summed E-state index contributed by atoms with van der Waals surface area (Å²) in [5, 5.41) is 18.8. The molecule has 1 saturated carbocycles. The van der Waals surface area contributed by atoms with E-state index in [1.807, 2.05) is 0 Å². The van der Waals surface area contributed by atoms with Gasteiger partial charge in [-0.05, 0) is 43.4 Å². The molecular formula is C25H25F7N6O2. The summed E-state index contributed by atoms with van der Waals surface area (Å²) in [6.45, 7) is 0.121. The number of aromatic nitrogens is 3. The van der Waals surface area contributed by atoms with Crippen LogP contribution in [0.25, 0.3) is 5.65 Å². The van der Waals surface area contributed by atoms with Gasteiger partial charge in [0.1, 0.15) is 11.6 Å². The van der Waals surface area contributed by atoms with Crippen molar-refractivity contribution in [2.24, 2.45) is 0 Å². The number of urea groups is 1. The number of rotatable bonds is 5. The number of carbonyl (C=O) groups is 1. The van der Waals surface area contributed by atoms with Gasteiger partial charge in [-0.3, -0.25) is 0 Å². The fraction of sp³-hybridized carbons (Fsp3) is 0.480.